The second-order valence-corrected chi connectivity index (χ2v) is 19.2. The first-order valence-corrected chi connectivity index (χ1v) is 15.0. The molecule has 123 valence electrons. The molecule has 0 unspecified atom stereocenters. The monoisotopic (exact) mass is 442 g/mol. The largest absolute Gasteiger partial charge is 1.00 e. The van der Waals surface area contributed by atoms with E-state index in [9.17, 15) is 0 Å². The second kappa shape index (κ2) is 10.8. The minimum absolute atomic E-state index is 0. The molecule has 0 bridgehead atoms. The third kappa shape index (κ3) is 7.22. The summed E-state index contributed by atoms with van der Waals surface area (Å²) in [6, 6.07) is 0. The van der Waals surface area contributed by atoms with E-state index in [2.05, 4.69) is 56.2 Å². The minimum Gasteiger partial charge on any atom is -1.00 e. The van der Waals surface area contributed by atoms with Crippen molar-refractivity contribution in [1.29, 1.82) is 0 Å². The van der Waals surface area contributed by atoms with Gasteiger partial charge in [-0.25, -0.2) is 0 Å². The molecule has 0 amide bonds. The fourth-order valence-corrected chi connectivity index (χ4v) is 9.95. The van der Waals surface area contributed by atoms with Gasteiger partial charge >= 0.3 is 88.6 Å². The maximum Gasteiger partial charge on any atom is 0.0705 e. The fourth-order valence-electron chi connectivity index (χ4n) is 2.45. The molecule has 1 heterocycles. The van der Waals surface area contributed by atoms with Gasteiger partial charge in [0.2, 0.25) is 0 Å². The predicted molar refractivity (Wildman–Crippen MR) is 91.5 cm³/mol. The van der Waals surface area contributed by atoms with Crippen molar-refractivity contribution in [3.05, 3.63) is 56.6 Å². The molecule has 0 saturated carbocycles. The zero-order chi connectivity index (χ0) is 15.4. The number of hydrogen-bond acceptors (Lipinski definition) is 1. The van der Waals surface area contributed by atoms with Crippen LogP contribution in [-0.2, 0) is 22.4 Å². The van der Waals surface area contributed by atoms with Crippen LogP contribution in [-0.4, -0.2) is 11.6 Å². The summed E-state index contributed by atoms with van der Waals surface area (Å²) in [5.41, 5.74) is 5.08. The fraction of sp³-hybridized carbons (Fsp3) is 0.389. The first kappa shape index (κ1) is 23.1. The summed E-state index contributed by atoms with van der Waals surface area (Å²) in [5.74, 6) is 0.844. The summed E-state index contributed by atoms with van der Waals surface area (Å²) in [5, 5.41) is 0. The van der Waals surface area contributed by atoms with Gasteiger partial charge in [-0.2, -0.15) is 0 Å². The van der Waals surface area contributed by atoms with Crippen molar-refractivity contribution in [3.63, 3.8) is 0 Å². The summed E-state index contributed by atoms with van der Waals surface area (Å²) in [6.45, 7) is 11.5. The molecule has 0 saturated heterocycles. The van der Waals surface area contributed by atoms with Crippen molar-refractivity contribution in [2.45, 2.75) is 40.3 Å². The van der Waals surface area contributed by atoms with Crippen LogP contribution in [0.25, 0.3) is 0 Å². The number of rotatable bonds is 3. The van der Waals surface area contributed by atoms with Crippen LogP contribution in [0.2, 0.25) is 13.1 Å². The number of fused-ring (bicyclic) bond motifs is 1. The summed E-state index contributed by atoms with van der Waals surface area (Å²) >= 11 is -0.0998. The Morgan fingerprint density at radius 3 is 2.39 bits per heavy atom. The topological polar surface area (TPSA) is 12.4 Å². The van der Waals surface area contributed by atoms with Gasteiger partial charge < -0.3 is 24.8 Å². The van der Waals surface area contributed by atoms with Crippen molar-refractivity contribution < 1.29 is 47.2 Å². The Kier molecular flexibility index (Phi) is 10.8. The van der Waals surface area contributed by atoms with E-state index in [1.807, 2.05) is 22.4 Å². The molecule has 1 nitrogen and oxygen atoms in total. The summed E-state index contributed by atoms with van der Waals surface area (Å²) in [4.78, 5) is 4.27. The minimum atomic E-state index is -0.0998. The van der Waals surface area contributed by atoms with Gasteiger partial charge in [-0.15, -0.1) is 0 Å². The normalized spacial score (nSPS) is 16.9. The Labute approximate surface area is 165 Å². The van der Waals surface area contributed by atoms with Crippen LogP contribution in [0.4, 0.5) is 0 Å². The molecular formula is C18H24Cl2NSiZr. The standard InChI is InChI=1S/C8H7N.C8H11.C2H6Si.2ClH.Zr/c1-6-5-7-3-2-4-8(7)9-6;1-7(2)8-5-3-4-6-8;1-3-2;;;/h2-5H,1H3;5-7H,3H2,1-2H3;1-2H3;2*1H;/q;;;;;+2/p-2. The molecule has 0 fully saturated rings. The van der Waals surface area contributed by atoms with E-state index in [4.69, 9.17) is 0 Å². The maximum absolute atomic E-state index is 4.27. The van der Waals surface area contributed by atoms with E-state index in [0.29, 0.717) is 0 Å². The van der Waals surface area contributed by atoms with Gasteiger partial charge in [0.1, 0.15) is 0 Å². The third-order valence-corrected chi connectivity index (χ3v) is 11.2. The average Bonchev–Trinajstić information content (AvgIpc) is 3.04. The Morgan fingerprint density at radius 1 is 1.17 bits per heavy atom. The molecule has 1 aliphatic heterocycles. The number of allylic oxidation sites excluding steroid dienone is 8. The van der Waals surface area contributed by atoms with E-state index in [1.54, 1.807) is 5.57 Å². The molecule has 0 spiro atoms. The molecule has 0 atom stereocenters. The first-order chi connectivity index (χ1) is 9.95. The zero-order valence-corrected chi connectivity index (χ0v) is 19.4. The van der Waals surface area contributed by atoms with Crippen LogP contribution < -0.4 is 24.8 Å². The van der Waals surface area contributed by atoms with Crippen LogP contribution in [0.3, 0.4) is 0 Å². The molecule has 0 aromatic heterocycles. The molecule has 0 N–H and O–H groups in total. The number of hydrogen-bond donors (Lipinski definition) is 0. The van der Waals surface area contributed by atoms with Crippen molar-refractivity contribution in [2.75, 3.05) is 0 Å². The molecule has 2 aliphatic carbocycles. The van der Waals surface area contributed by atoms with Crippen LogP contribution in [0.5, 0.6) is 0 Å². The van der Waals surface area contributed by atoms with Gasteiger partial charge in [-0.05, 0) is 19.1 Å². The maximum atomic E-state index is 4.27. The SMILES string of the molecule is CC(C)C1=CC[C]([Zr+2][Si](C)C)=C1.CC1=NC2=CC=CC2=C1.[Cl-].[Cl-]. The molecule has 1 radical (unpaired) electrons. The van der Waals surface area contributed by atoms with E-state index in [-0.39, 0.29) is 53.1 Å². The van der Waals surface area contributed by atoms with Crippen LogP contribution >= 0.6 is 0 Å². The Hall–Kier alpha value is 0.0500. The van der Waals surface area contributed by atoms with Gasteiger partial charge in [0.15, 0.2) is 0 Å². The number of aliphatic imine (C=N–C) groups is 1. The van der Waals surface area contributed by atoms with Gasteiger partial charge in [-0.3, -0.25) is 4.99 Å². The quantitative estimate of drug-likeness (QED) is 0.498. The van der Waals surface area contributed by atoms with Crippen molar-refractivity contribution in [1.82, 2.24) is 0 Å². The van der Waals surface area contributed by atoms with Gasteiger partial charge in [0.05, 0.1) is 5.70 Å². The van der Waals surface area contributed by atoms with E-state index in [1.165, 1.54) is 12.0 Å². The molecule has 23 heavy (non-hydrogen) atoms. The second-order valence-electron chi connectivity index (χ2n) is 6.12. The number of halogens is 2. The van der Waals surface area contributed by atoms with Gasteiger partial charge in [-0.1, -0.05) is 12.2 Å². The van der Waals surface area contributed by atoms with Crippen molar-refractivity contribution >= 4 is 11.6 Å². The van der Waals surface area contributed by atoms with Gasteiger partial charge in [0.25, 0.3) is 0 Å². The van der Waals surface area contributed by atoms with Crippen molar-refractivity contribution in [2.24, 2.45) is 10.9 Å². The Bertz CT molecular complexity index is 596. The molecule has 3 rings (SSSR count). The third-order valence-electron chi connectivity index (χ3n) is 3.46. The summed E-state index contributed by atoms with van der Waals surface area (Å²) in [6.07, 6.45) is 14.5. The first-order valence-electron chi connectivity index (χ1n) is 7.59. The Balaban J connectivity index is 0.000000397. The van der Waals surface area contributed by atoms with E-state index < -0.39 is 0 Å². The van der Waals surface area contributed by atoms with E-state index in [0.717, 1.165) is 17.3 Å². The molecular weight excluding hydrogens is 420 g/mol. The zero-order valence-electron chi connectivity index (χ0n) is 14.5. The molecule has 0 aromatic rings. The van der Waals surface area contributed by atoms with Gasteiger partial charge in [0, 0.05) is 11.3 Å². The van der Waals surface area contributed by atoms with Crippen LogP contribution in [0, 0.1) is 5.92 Å². The van der Waals surface area contributed by atoms with E-state index >= 15 is 0 Å². The molecule has 0 aromatic carbocycles. The average molecular weight is 445 g/mol. The smallest absolute Gasteiger partial charge is 0.0705 e. The number of nitrogens with zero attached hydrogens (tertiary/aromatic N) is 1. The summed E-state index contributed by atoms with van der Waals surface area (Å²) < 4.78 is 1.83. The Morgan fingerprint density at radius 2 is 1.87 bits per heavy atom. The molecule has 5 heteroatoms. The molecule has 3 aliphatic rings. The van der Waals surface area contributed by atoms with Crippen LogP contribution in [0.1, 0.15) is 27.2 Å². The predicted octanol–water partition coefficient (Wildman–Crippen LogP) is -0.961. The van der Waals surface area contributed by atoms with Crippen molar-refractivity contribution in [3.8, 4) is 0 Å². The summed E-state index contributed by atoms with van der Waals surface area (Å²) in [7, 11) is 0. The van der Waals surface area contributed by atoms with Crippen LogP contribution in [0.15, 0.2) is 61.6 Å².